The molecule has 0 unspecified atom stereocenters. The topological polar surface area (TPSA) is 29.1 Å². The second-order valence-electron chi connectivity index (χ2n) is 4.68. The Balaban J connectivity index is 3.11. The van der Waals surface area contributed by atoms with Gasteiger partial charge >= 0.3 is 0 Å². The van der Waals surface area contributed by atoms with Crippen molar-refractivity contribution in [1.29, 1.82) is 0 Å². The molecule has 0 aromatic carbocycles. The lowest BCUT2D eigenvalue weighted by Gasteiger charge is -2.04. The summed E-state index contributed by atoms with van der Waals surface area (Å²) in [6.07, 6.45) is 10.8. The monoisotopic (exact) mass is 255 g/mol. The summed E-state index contributed by atoms with van der Waals surface area (Å²) in [5.41, 5.74) is 0. The van der Waals surface area contributed by atoms with E-state index in [2.05, 4.69) is 18.8 Å². The highest BCUT2D eigenvalue weighted by Crippen LogP contribution is 2.08. The molecule has 0 aromatic heterocycles. The number of rotatable bonds is 12. The van der Waals surface area contributed by atoms with Crippen LogP contribution in [-0.4, -0.2) is 22.0 Å². The number of carbonyl (C=O) groups excluding carboxylic acids is 1. The zero-order chi connectivity index (χ0) is 12.8. The molecule has 0 heterocycles. The Labute approximate surface area is 110 Å². The first-order valence-corrected chi connectivity index (χ1v) is 8.93. The second-order valence-corrected chi connectivity index (χ2v) is 5.89. The molecule has 2 nitrogen and oxygen atoms in total. The van der Waals surface area contributed by atoms with Crippen LogP contribution in [0, 0.1) is 0 Å². The van der Waals surface area contributed by atoms with Gasteiger partial charge in [-0.05, 0) is 12.8 Å². The van der Waals surface area contributed by atoms with Crippen LogP contribution < -0.4 is 5.32 Å². The third-order valence-corrected chi connectivity index (χ3v) is 3.79. The van der Waals surface area contributed by atoms with Crippen LogP contribution in [-0.2, 0) is 4.79 Å². The average Bonchev–Trinajstić information content (AvgIpc) is 2.33. The normalized spacial score (nSPS) is 10.5. The van der Waals surface area contributed by atoms with Crippen molar-refractivity contribution in [2.24, 2.45) is 0 Å². The van der Waals surface area contributed by atoms with Crippen molar-refractivity contribution in [3.05, 3.63) is 0 Å². The number of carbonyl (C=O) groups is 1. The van der Waals surface area contributed by atoms with Gasteiger partial charge in [0.05, 0.1) is 0 Å². The lowest BCUT2D eigenvalue weighted by Crippen LogP contribution is -2.24. The number of amides is 1. The molecular formula is C14H29NOSi. The van der Waals surface area contributed by atoms with Gasteiger partial charge in [0.15, 0.2) is 0 Å². The number of hydrogen-bond acceptors (Lipinski definition) is 1. The van der Waals surface area contributed by atoms with Crippen molar-refractivity contribution in [2.45, 2.75) is 77.3 Å². The average molecular weight is 255 g/mol. The highest BCUT2D eigenvalue weighted by atomic mass is 28.2. The molecule has 0 aromatic rings. The van der Waals surface area contributed by atoms with Crippen molar-refractivity contribution < 1.29 is 4.79 Å². The van der Waals surface area contributed by atoms with Gasteiger partial charge in [-0.1, -0.05) is 58.0 Å². The zero-order valence-corrected chi connectivity index (χ0v) is 12.7. The minimum absolute atomic E-state index is 0.248. The van der Waals surface area contributed by atoms with Crippen LogP contribution in [0.1, 0.15) is 64.7 Å². The van der Waals surface area contributed by atoms with Gasteiger partial charge in [-0.2, -0.15) is 0 Å². The molecule has 0 aliphatic rings. The third kappa shape index (κ3) is 13.6. The summed E-state index contributed by atoms with van der Waals surface area (Å²) in [5, 5.41) is 2.99. The predicted molar refractivity (Wildman–Crippen MR) is 76.7 cm³/mol. The van der Waals surface area contributed by atoms with Crippen LogP contribution in [0.5, 0.6) is 0 Å². The molecule has 1 N–H and O–H groups in total. The molecule has 100 valence electrons. The molecule has 0 aliphatic heterocycles. The highest BCUT2D eigenvalue weighted by Gasteiger charge is 1.99. The highest BCUT2D eigenvalue weighted by molar-refractivity contribution is 6.33. The first kappa shape index (κ1) is 16.7. The molecule has 2 radical (unpaired) electrons. The lowest BCUT2D eigenvalue weighted by molar-refractivity contribution is -0.121. The summed E-state index contributed by atoms with van der Waals surface area (Å²) in [6, 6.07) is 1.25. The molecule has 1 amide bonds. The van der Waals surface area contributed by atoms with Gasteiger partial charge in [-0.15, -0.1) is 0 Å². The molecule has 0 spiro atoms. The van der Waals surface area contributed by atoms with Crippen LogP contribution in [0.3, 0.4) is 0 Å². The summed E-state index contributed by atoms with van der Waals surface area (Å²) in [6.45, 7) is 5.32. The quantitative estimate of drug-likeness (QED) is 0.417. The van der Waals surface area contributed by atoms with Crippen molar-refractivity contribution in [3.8, 4) is 0 Å². The van der Waals surface area contributed by atoms with Crippen molar-refractivity contribution in [3.63, 3.8) is 0 Å². The maximum Gasteiger partial charge on any atom is 0.219 e. The Morgan fingerprint density at radius 2 is 1.65 bits per heavy atom. The molecule has 0 saturated carbocycles. The van der Waals surface area contributed by atoms with Crippen LogP contribution in [0.2, 0.25) is 12.6 Å². The van der Waals surface area contributed by atoms with Crippen LogP contribution in [0.15, 0.2) is 0 Å². The lowest BCUT2D eigenvalue weighted by atomic mass is 10.1. The summed E-state index contributed by atoms with van der Waals surface area (Å²) in [4.78, 5) is 11.4. The molecule has 0 fully saturated rings. The van der Waals surface area contributed by atoms with Gasteiger partial charge < -0.3 is 5.32 Å². The predicted octanol–water partition coefficient (Wildman–Crippen LogP) is 3.80. The maximum atomic E-state index is 11.4. The van der Waals surface area contributed by atoms with E-state index < -0.39 is 0 Å². The fourth-order valence-electron chi connectivity index (χ4n) is 1.82. The second kappa shape index (κ2) is 13.8. The molecule has 0 atom stereocenters. The first-order valence-electron chi connectivity index (χ1n) is 7.22. The first-order chi connectivity index (χ1) is 8.31. The van der Waals surface area contributed by atoms with Gasteiger partial charge in [0.1, 0.15) is 0 Å². The van der Waals surface area contributed by atoms with E-state index in [0.29, 0.717) is 0 Å². The summed E-state index contributed by atoms with van der Waals surface area (Å²) in [7, 11) is 1.01. The van der Waals surface area contributed by atoms with Crippen molar-refractivity contribution in [1.82, 2.24) is 5.32 Å². The largest absolute Gasteiger partial charge is 0.356 e. The van der Waals surface area contributed by atoms with Crippen LogP contribution in [0.4, 0.5) is 0 Å². The fraction of sp³-hybridized carbons (Fsp3) is 0.929. The smallest absolute Gasteiger partial charge is 0.219 e. The van der Waals surface area contributed by atoms with Gasteiger partial charge in [0.2, 0.25) is 5.91 Å². The molecule has 0 bridgehead atoms. The third-order valence-electron chi connectivity index (χ3n) is 2.93. The fourth-order valence-corrected chi connectivity index (χ4v) is 2.35. The Kier molecular flexibility index (Phi) is 13.5. The SMILES string of the molecule is CCCCCCCCCC(=O)NCCC[Si]C. The van der Waals surface area contributed by atoms with Crippen molar-refractivity contribution in [2.75, 3.05) is 6.54 Å². The Hall–Kier alpha value is -0.313. The summed E-state index contributed by atoms with van der Waals surface area (Å²) in [5.74, 6) is 0.248. The number of unbranched alkanes of at least 4 members (excludes halogenated alkanes) is 6. The molecule has 0 saturated heterocycles. The van der Waals surface area contributed by atoms with Gasteiger partial charge in [0, 0.05) is 22.5 Å². The Morgan fingerprint density at radius 1 is 1.00 bits per heavy atom. The Morgan fingerprint density at radius 3 is 2.29 bits per heavy atom. The maximum absolute atomic E-state index is 11.4. The van der Waals surface area contributed by atoms with Gasteiger partial charge in [0.25, 0.3) is 0 Å². The van der Waals surface area contributed by atoms with Crippen LogP contribution in [0.25, 0.3) is 0 Å². The van der Waals surface area contributed by atoms with Crippen molar-refractivity contribution >= 4 is 15.4 Å². The van der Waals surface area contributed by atoms with E-state index in [9.17, 15) is 4.79 Å². The molecule has 3 heteroatoms. The molecule has 17 heavy (non-hydrogen) atoms. The standard InChI is InChI=1S/C14H29NOSi/c1-3-4-5-6-7-8-9-11-14(16)15-12-10-13-17-2/h3-13H2,1-2H3,(H,15,16). The molecule has 0 rings (SSSR count). The van der Waals surface area contributed by atoms with E-state index in [1.165, 1.54) is 44.6 Å². The van der Waals surface area contributed by atoms with Gasteiger partial charge in [-0.25, -0.2) is 0 Å². The Bertz CT molecular complexity index is 174. The number of hydrogen-bond donors (Lipinski definition) is 1. The number of nitrogens with one attached hydrogen (secondary N) is 1. The minimum atomic E-state index is 0.248. The van der Waals surface area contributed by atoms with E-state index in [1.54, 1.807) is 0 Å². The van der Waals surface area contributed by atoms with E-state index in [-0.39, 0.29) is 5.91 Å². The summed E-state index contributed by atoms with van der Waals surface area (Å²) >= 11 is 0. The zero-order valence-electron chi connectivity index (χ0n) is 11.7. The van der Waals surface area contributed by atoms with E-state index in [0.717, 1.165) is 35.3 Å². The van der Waals surface area contributed by atoms with E-state index in [4.69, 9.17) is 0 Å². The minimum Gasteiger partial charge on any atom is -0.356 e. The van der Waals surface area contributed by atoms with E-state index in [1.807, 2.05) is 0 Å². The summed E-state index contributed by atoms with van der Waals surface area (Å²) < 4.78 is 0. The van der Waals surface area contributed by atoms with Crippen LogP contribution >= 0.6 is 0 Å². The molecule has 0 aliphatic carbocycles. The molecular weight excluding hydrogens is 226 g/mol. The van der Waals surface area contributed by atoms with Gasteiger partial charge in [-0.3, -0.25) is 4.79 Å². The van der Waals surface area contributed by atoms with E-state index >= 15 is 0 Å².